The first kappa shape index (κ1) is 15.4. The molecule has 2 aromatic rings. The fourth-order valence-corrected chi connectivity index (χ4v) is 3.48. The number of nitrogens with one attached hydrogen (secondary N) is 1. The number of amides is 1. The molecule has 4 heteroatoms. The molecule has 22 heavy (non-hydrogen) atoms. The van der Waals surface area contributed by atoms with Gasteiger partial charge in [-0.2, -0.15) is 0 Å². The maximum absolute atomic E-state index is 12.3. The van der Waals surface area contributed by atoms with Crippen LogP contribution in [0.1, 0.15) is 68.5 Å². The Morgan fingerprint density at radius 1 is 1.27 bits per heavy atom. The summed E-state index contributed by atoms with van der Waals surface area (Å²) in [6, 6.07) is 6.50. The Balaban J connectivity index is 2.13. The zero-order chi connectivity index (χ0) is 16.0. The molecule has 0 saturated heterocycles. The van der Waals surface area contributed by atoms with Crippen LogP contribution in [0.25, 0.3) is 10.9 Å². The third-order valence-corrected chi connectivity index (χ3v) is 4.61. The standard InChI is InChI=1S/C18H23ClN2O/c1-10(2)17-16(19)14-8-5-12(18(22)20-13-6-7-13)9-15(14)21(17)11(3)4/h5,8-11,13H,6-7H2,1-4H3,(H,20,22). The number of carbonyl (C=O) groups excluding carboxylic acids is 1. The zero-order valence-electron chi connectivity index (χ0n) is 13.6. The second kappa shape index (κ2) is 5.62. The highest BCUT2D eigenvalue weighted by Gasteiger charge is 2.25. The van der Waals surface area contributed by atoms with E-state index in [1.807, 2.05) is 18.2 Å². The van der Waals surface area contributed by atoms with Crippen LogP contribution < -0.4 is 5.32 Å². The first-order valence-corrected chi connectivity index (χ1v) is 8.42. The van der Waals surface area contributed by atoms with Gasteiger partial charge < -0.3 is 9.88 Å². The molecule has 0 radical (unpaired) electrons. The molecule has 3 nitrogen and oxygen atoms in total. The molecule has 0 atom stereocenters. The number of hydrogen-bond donors (Lipinski definition) is 1. The summed E-state index contributed by atoms with van der Waals surface area (Å²) in [5.74, 6) is 0.356. The van der Waals surface area contributed by atoms with Gasteiger partial charge in [-0.05, 0) is 44.7 Å². The average molecular weight is 319 g/mol. The van der Waals surface area contributed by atoms with Crippen molar-refractivity contribution in [2.75, 3.05) is 0 Å². The third kappa shape index (κ3) is 2.63. The lowest BCUT2D eigenvalue weighted by Gasteiger charge is -2.17. The van der Waals surface area contributed by atoms with Crippen LogP contribution in [0, 0.1) is 0 Å². The van der Waals surface area contributed by atoms with E-state index < -0.39 is 0 Å². The molecule has 1 fully saturated rings. The Morgan fingerprint density at radius 2 is 1.95 bits per heavy atom. The van der Waals surface area contributed by atoms with Crippen molar-refractivity contribution in [3.8, 4) is 0 Å². The maximum Gasteiger partial charge on any atom is 0.251 e. The van der Waals surface area contributed by atoms with Crippen molar-refractivity contribution in [3.05, 3.63) is 34.5 Å². The molecule has 0 spiro atoms. The molecule has 0 bridgehead atoms. The SMILES string of the molecule is CC(C)c1c(Cl)c2ccc(C(=O)NC3CC3)cc2n1C(C)C. The molecule has 1 aromatic carbocycles. The van der Waals surface area contributed by atoms with Crippen LogP contribution in [0.5, 0.6) is 0 Å². The minimum absolute atomic E-state index is 0.0168. The third-order valence-electron chi connectivity index (χ3n) is 4.22. The molecule has 118 valence electrons. The number of halogens is 1. The highest BCUT2D eigenvalue weighted by molar-refractivity contribution is 6.36. The van der Waals surface area contributed by atoms with E-state index in [1.54, 1.807) is 0 Å². The van der Waals surface area contributed by atoms with E-state index in [2.05, 4.69) is 37.6 Å². The van der Waals surface area contributed by atoms with Crippen LogP contribution in [0.2, 0.25) is 5.02 Å². The molecule has 0 unspecified atom stereocenters. The second-order valence-electron chi connectivity index (χ2n) is 6.80. The predicted octanol–water partition coefficient (Wildman–Crippen LogP) is 4.89. The highest BCUT2D eigenvalue weighted by atomic mass is 35.5. The summed E-state index contributed by atoms with van der Waals surface area (Å²) in [6.07, 6.45) is 2.19. The number of rotatable bonds is 4. The monoisotopic (exact) mass is 318 g/mol. The van der Waals surface area contributed by atoms with Crippen LogP contribution >= 0.6 is 11.6 Å². The Bertz CT molecular complexity index is 726. The maximum atomic E-state index is 12.3. The van der Waals surface area contributed by atoms with Crippen molar-refractivity contribution in [2.24, 2.45) is 0 Å². The van der Waals surface area contributed by atoms with Crippen molar-refractivity contribution < 1.29 is 4.79 Å². The molecule has 1 aliphatic carbocycles. The Morgan fingerprint density at radius 3 is 2.50 bits per heavy atom. The van der Waals surface area contributed by atoms with E-state index in [0.29, 0.717) is 23.6 Å². The van der Waals surface area contributed by atoms with Gasteiger partial charge in [0.1, 0.15) is 0 Å². The van der Waals surface area contributed by atoms with Gasteiger partial charge in [-0.3, -0.25) is 4.79 Å². The number of carbonyl (C=O) groups is 1. The van der Waals surface area contributed by atoms with Gasteiger partial charge in [0, 0.05) is 28.7 Å². The largest absolute Gasteiger partial charge is 0.349 e. The van der Waals surface area contributed by atoms with Gasteiger partial charge in [0.05, 0.1) is 10.5 Å². The molecule has 1 saturated carbocycles. The Labute approximate surface area is 136 Å². The summed E-state index contributed by atoms with van der Waals surface area (Å²) in [4.78, 5) is 12.3. The van der Waals surface area contributed by atoms with Gasteiger partial charge in [-0.1, -0.05) is 31.5 Å². The predicted molar refractivity (Wildman–Crippen MR) is 91.9 cm³/mol. The second-order valence-corrected chi connectivity index (χ2v) is 7.18. The lowest BCUT2D eigenvalue weighted by molar-refractivity contribution is 0.0951. The molecule has 1 heterocycles. The molecular formula is C18H23ClN2O. The van der Waals surface area contributed by atoms with Gasteiger partial charge in [0.15, 0.2) is 0 Å². The summed E-state index contributed by atoms with van der Waals surface area (Å²) >= 11 is 6.61. The van der Waals surface area contributed by atoms with E-state index in [-0.39, 0.29) is 5.91 Å². The van der Waals surface area contributed by atoms with Gasteiger partial charge in [0.2, 0.25) is 0 Å². The highest BCUT2D eigenvalue weighted by Crippen LogP contribution is 2.37. The molecule has 3 rings (SSSR count). The van der Waals surface area contributed by atoms with Crippen molar-refractivity contribution in [1.82, 2.24) is 9.88 Å². The topological polar surface area (TPSA) is 34.0 Å². The molecule has 1 aliphatic rings. The van der Waals surface area contributed by atoms with Crippen LogP contribution in [-0.2, 0) is 0 Å². The first-order valence-electron chi connectivity index (χ1n) is 8.04. The van der Waals surface area contributed by atoms with E-state index in [0.717, 1.165) is 34.5 Å². The molecule has 0 aliphatic heterocycles. The molecule has 1 N–H and O–H groups in total. The van der Waals surface area contributed by atoms with Crippen molar-refractivity contribution in [3.63, 3.8) is 0 Å². The van der Waals surface area contributed by atoms with E-state index >= 15 is 0 Å². The number of fused-ring (bicyclic) bond motifs is 1. The zero-order valence-corrected chi connectivity index (χ0v) is 14.4. The fraction of sp³-hybridized carbons (Fsp3) is 0.500. The summed E-state index contributed by atoms with van der Waals surface area (Å²) in [6.45, 7) is 8.61. The van der Waals surface area contributed by atoms with Crippen molar-refractivity contribution in [2.45, 2.75) is 58.5 Å². The van der Waals surface area contributed by atoms with Crippen molar-refractivity contribution in [1.29, 1.82) is 0 Å². The summed E-state index contributed by atoms with van der Waals surface area (Å²) in [5, 5.41) is 4.89. The Kier molecular flexibility index (Phi) is 3.94. The number of hydrogen-bond acceptors (Lipinski definition) is 1. The van der Waals surface area contributed by atoms with Crippen LogP contribution in [-0.4, -0.2) is 16.5 Å². The van der Waals surface area contributed by atoms with Gasteiger partial charge in [-0.15, -0.1) is 0 Å². The van der Waals surface area contributed by atoms with E-state index in [9.17, 15) is 4.79 Å². The van der Waals surface area contributed by atoms with Crippen molar-refractivity contribution >= 4 is 28.4 Å². The summed E-state index contributed by atoms with van der Waals surface area (Å²) in [7, 11) is 0. The Hall–Kier alpha value is -1.48. The normalized spacial score (nSPS) is 15.0. The van der Waals surface area contributed by atoms with Crippen LogP contribution in [0.4, 0.5) is 0 Å². The smallest absolute Gasteiger partial charge is 0.251 e. The molecule has 1 aromatic heterocycles. The quantitative estimate of drug-likeness (QED) is 0.855. The molecule has 1 amide bonds. The van der Waals surface area contributed by atoms with E-state index in [4.69, 9.17) is 11.6 Å². The van der Waals surface area contributed by atoms with E-state index in [1.165, 1.54) is 0 Å². The van der Waals surface area contributed by atoms with Crippen LogP contribution in [0.3, 0.4) is 0 Å². The fourth-order valence-electron chi connectivity index (χ4n) is 3.02. The average Bonchev–Trinajstić information content (AvgIpc) is 3.21. The number of aromatic nitrogens is 1. The first-order chi connectivity index (χ1) is 10.4. The molecular weight excluding hydrogens is 296 g/mol. The summed E-state index contributed by atoms with van der Waals surface area (Å²) in [5.41, 5.74) is 2.91. The number of benzene rings is 1. The van der Waals surface area contributed by atoms with Crippen LogP contribution in [0.15, 0.2) is 18.2 Å². The lowest BCUT2D eigenvalue weighted by Crippen LogP contribution is -2.25. The summed E-state index contributed by atoms with van der Waals surface area (Å²) < 4.78 is 2.26. The lowest BCUT2D eigenvalue weighted by atomic mass is 10.1. The minimum atomic E-state index is 0.0168. The minimum Gasteiger partial charge on any atom is -0.349 e. The van der Waals surface area contributed by atoms with Gasteiger partial charge in [0.25, 0.3) is 5.91 Å². The van der Waals surface area contributed by atoms with Gasteiger partial charge >= 0.3 is 0 Å². The number of nitrogens with zero attached hydrogens (tertiary/aromatic N) is 1. The van der Waals surface area contributed by atoms with Gasteiger partial charge in [-0.25, -0.2) is 0 Å².